The highest BCUT2D eigenvalue weighted by Crippen LogP contribution is 2.17. The SMILES string of the molecule is CC(=O)Nc1[c]c2ccccc2cc1. The molecule has 0 fully saturated rings. The molecule has 2 aromatic carbocycles. The van der Waals surface area contributed by atoms with Gasteiger partial charge in [0, 0.05) is 18.7 Å². The molecule has 0 spiro atoms. The molecule has 0 heterocycles. The van der Waals surface area contributed by atoms with Crippen molar-refractivity contribution in [2.24, 2.45) is 0 Å². The summed E-state index contributed by atoms with van der Waals surface area (Å²) in [6.07, 6.45) is 0. The Hall–Kier alpha value is -1.83. The van der Waals surface area contributed by atoms with Crippen molar-refractivity contribution in [2.75, 3.05) is 5.32 Å². The van der Waals surface area contributed by atoms with Crippen molar-refractivity contribution < 1.29 is 4.79 Å². The lowest BCUT2D eigenvalue weighted by Gasteiger charge is -2.02. The van der Waals surface area contributed by atoms with Gasteiger partial charge in [-0.1, -0.05) is 30.3 Å². The van der Waals surface area contributed by atoms with Crippen molar-refractivity contribution in [1.29, 1.82) is 0 Å². The van der Waals surface area contributed by atoms with Crippen LogP contribution in [0.25, 0.3) is 10.8 Å². The van der Waals surface area contributed by atoms with Crippen molar-refractivity contribution in [3.05, 3.63) is 42.5 Å². The molecule has 2 rings (SSSR count). The van der Waals surface area contributed by atoms with Crippen LogP contribution in [0.4, 0.5) is 5.69 Å². The Morgan fingerprint density at radius 3 is 2.79 bits per heavy atom. The molecule has 0 aliphatic rings. The summed E-state index contributed by atoms with van der Waals surface area (Å²) < 4.78 is 0. The first kappa shape index (κ1) is 8.75. The molecule has 69 valence electrons. The summed E-state index contributed by atoms with van der Waals surface area (Å²) in [6, 6.07) is 14.9. The van der Waals surface area contributed by atoms with E-state index in [4.69, 9.17) is 0 Å². The first-order valence-corrected chi connectivity index (χ1v) is 4.44. The van der Waals surface area contributed by atoms with Gasteiger partial charge in [-0.25, -0.2) is 0 Å². The van der Waals surface area contributed by atoms with E-state index in [9.17, 15) is 4.79 Å². The highest BCUT2D eigenvalue weighted by molar-refractivity contribution is 5.92. The highest BCUT2D eigenvalue weighted by atomic mass is 16.1. The third kappa shape index (κ3) is 1.74. The molecule has 2 aromatic rings. The zero-order valence-electron chi connectivity index (χ0n) is 7.87. The molecule has 2 heteroatoms. The van der Waals surface area contributed by atoms with Crippen LogP contribution in [-0.4, -0.2) is 5.91 Å². The Morgan fingerprint density at radius 2 is 2.00 bits per heavy atom. The summed E-state index contributed by atoms with van der Waals surface area (Å²) in [7, 11) is 0. The van der Waals surface area contributed by atoms with Gasteiger partial charge in [-0.2, -0.15) is 0 Å². The van der Waals surface area contributed by atoms with E-state index in [1.807, 2.05) is 36.4 Å². The van der Waals surface area contributed by atoms with Gasteiger partial charge < -0.3 is 5.32 Å². The van der Waals surface area contributed by atoms with Gasteiger partial charge in [0.2, 0.25) is 5.91 Å². The Bertz CT molecular complexity index is 476. The second-order valence-corrected chi connectivity index (χ2v) is 3.14. The van der Waals surface area contributed by atoms with Crippen LogP contribution < -0.4 is 5.32 Å². The minimum Gasteiger partial charge on any atom is -0.326 e. The van der Waals surface area contributed by atoms with Gasteiger partial charge in [0.25, 0.3) is 0 Å². The molecular formula is C12H10NO. The van der Waals surface area contributed by atoms with Crippen LogP contribution >= 0.6 is 0 Å². The molecule has 0 aliphatic carbocycles. The lowest BCUT2D eigenvalue weighted by Crippen LogP contribution is -2.05. The smallest absolute Gasteiger partial charge is 0.221 e. The zero-order chi connectivity index (χ0) is 9.97. The van der Waals surface area contributed by atoms with Crippen molar-refractivity contribution in [3.8, 4) is 0 Å². The number of rotatable bonds is 1. The standard InChI is InChI=1S/C12H10NO/c1-9(14)13-12-7-6-10-4-2-3-5-11(10)8-12/h2-7H,1H3,(H,13,14). The molecule has 0 bridgehead atoms. The number of fused-ring (bicyclic) bond motifs is 1. The second-order valence-electron chi connectivity index (χ2n) is 3.14. The number of carbonyl (C=O) groups is 1. The van der Waals surface area contributed by atoms with E-state index in [1.54, 1.807) is 0 Å². The van der Waals surface area contributed by atoms with Gasteiger partial charge in [-0.05, 0) is 16.8 Å². The van der Waals surface area contributed by atoms with Crippen LogP contribution in [0.3, 0.4) is 0 Å². The van der Waals surface area contributed by atoms with E-state index >= 15 is 0 Å². The largest absolute Gasteiger partial charge is 0.326 e. The van der Waals surface area contributed by atoms with Gasteiger partial charge in [-0.15, -0.1) is 0 Å². The summed E-state index contributed by atoms with van der Waals surface area (Å²) in [5.74, 6) is -0.0727. The van der Waals surface area contributed by atoms with Crippen LogP contribution in [0.5, 0.6) is 0 Å². The van der Waals surface area contributed by atoms with Gasteiger partial charge in [0.1, 0.15) is 0 Å². The molecule has 1 radical (unpaired) electrons. The quantitative estimate of drug-likeness (QED) is 0.725. The number of carbonyl (C=O) groups excluding carboxylic acids is 1. The highest BCUT2D eigenvalue weighted by Gasteiger charge is 1.97. The number of hydrogen-bond acceptors (Lipinski definition) is 1. The molecule has 0 aromatic heterocycles. The molecule has 1 N–H and O–H groups in total. The molecular weight excluding hydrogens is 174 g/mol. The number of benzene rings is 2. The number of nitrogens with one attached hydrogen (secondary N) is 1. The van der Waals surface area contributed by atoms with E-state index in [2.05, 4.69) is 11.4 Å². The Balaban J connectivity index is 2.46. The van der Waals surface area contributed by atoms with E-state index in [0.717, 1.165) is 16.5 Å². The number of hydrogen-bond donors (Lipinski definition) is 1. The Morgan fingerprint density at radius 1 is 1.21 bits per heavy atom. The fraction of sp³-hybridized carbons (Fsp3) is 0.0833. The van der Waals surface area contributed by atoms with Gasteiger partial charge >= 0.3 is 0 Å². The van der Waals surface area contributed by atoms with Crippen molar-refractivity contribution >= 4 is 22.4 Å². The normalized spacial score (nSPS) is 10.1. The van der Waals surface area contributed by atoms with Crippen LogP contribution in [0.1, 0.15) is 6.92 Å². The molecule has 0 unspecified atom stereocenters. The van der Waals surface area contributed by atoms with Crippen LogP contribution in [0, 0.1) is 6.07 Å². The summed E-state index contributed by atoms with van der Waals surface area (Å²) in [5, 5.41) is 4.84. The minimum atomic E-state index is -0.0727. The van der Waals surface area contributed by atoms with Crippen LogP contribution in [0.15, 0.2) is 36.4 Å². The maximum Gasteiger partial charge on any atom is 0.221 e. The average molecular weight is 184 g/mol. The Kier molecular flexibility index (Phi) is 2.19. The molecule has 1 amide bonds. The number of anilines is 1. The molecule has 14 heavy (non-hydrogen) atoms. The zero-order valence-corrected chi connectivity index (χ0v) is 7.87. The number of amides is 1. The van der Waals surface area contributed by atoms with E-state index in [1.165, 1.54) is 6.92 Å². The van der Waals surface area contributed by atoms with Crippen molar-refractivity contribution in [1.82, 2.24) is 0 Å². The van der Waals surface area contributed by atoms with Gasteiger partial charge in [0.15, 0.2) is 0 Å². The predicted molar refractivity (Wildman–Crippen MR) is 57.1 cm³/mol. The fourth-order valence-corrected chi connectivity index (χ4v) is 1.38. The first-order chi connectivity index (χ1) is 6.75. The maximum absolute atomic E-state index is 10.8. The summed E-state index contributed by atoms with van der Waals surface area (Å²) in [4.78, 5) is 10.8. The predicted octanol–water partition coefficient (Wildman–Crippen LogP) is 2.60. The third-order valence-corrected chi connectivity index (χ3v) is 1.97. The van der Waals surface area contributed by atoms with Crippen LogP contribution in [-0.2, 0) is 4.79 Å². The summed E-state index contributed by atoms with van der Waals surface area (Å²) in [5.41, 5.74) is 0.719. The molecule has 0 aliphatic heterocycles. The monoisotopic (exact) mass is 184 g/mol. The summed E-state index contributed by atoms with van der Waals surface area (Å²) >= 11 is 0. The second kappa shape index (κ2) is 3.50. The van der Waals surface area contributed by atoms with E-state index in [-0.39, 0.29) is 5.91 Å². The molecule has 0 saturated heterocycles. The lowest BCUT2D eigenvalue weighted by atomic mass is 10.1. The van der Waals surface area contributed by atoms with Gasteiger partial charge in [-0.3, -0.25) is 4.79 Å². The third-order valence-electron chi connectivity index (χ3n) is 1.97. The fourth-order valence-electron chi connectivity index (χ4n) is 1.38. The van der Waals surface area contributed by atoms with E-state index < -0.39 is 0 Å². The Labute approximate surface area is 82.6 Å². The van der Waals surface area contributed by atoms with Gasteiger partial charge in [0.05, 0.1) is 0 Å². The lowest BCUT2D eigenvalue weighted by molar-refractivity contribution is -0.114. The van der Waals surface area contributed by atoms with Crippen LogP contribution in [0.2, 0.25) is 0 Å². The topological polar surface area (TPSA) is 29.1 Å². The molecule has 0 saturated carbocycles. The van der Waals surface area contributed by atoms with E-state index in [0.29, 0.717) is 0 Å². The average Bonchev–Trinajstić information content (AvgIpc) is 2.17. The van der Waals surface area contributed by atoms with Crippen molar-refractivity contribution in [3.63, 3.8) is 0 Å². The summed E-state index contributed by atoms with van der Waals surface area (Å²) in [6.45, 7) is 1.49. The minimum absolute atomic E-state index is 0.0727. The molecule has 2 nitrogen and oxygen atoms in total. The maximum atomic E-state index is 10.8. The first-order valence-electron chi connectivity index (χ1n) is 4.44. The molecule has 0 atom stereocenters. The van der Waals surface area contributed by atoms with Crippen molar-refractivity contribution in [2.45, 2.75) is 6.92 Å².